The Morgan fingerprint density at radius 2 is 1.75 bits per heavy atom. The monoisotopic (exact) mass is 325 g/mol. The summed E-state index contributed by atoms with van der Waals surface area (Å²) in [6.45, 7) is 10.1. The topological polar surface area (TPSA) is 38.3 Å². The fourth-order valence-corrected chi connectivity index (χ4v) is 2.57. The van der Waals surface area contributed by atoms with Gasteiger partial charge in [0, 0.05) is 0 Å². The molecule has 0 aliphatic carbocycles. The minimum atomic E-state index is -0.488. The smallest absolute Gasteiger partial charge is 0.261 e. The van der Waals surface area contributed by atoms with Gasteiger partial charge in [-0.05, 0) is 56.9 Å². The minimum absolute atomic E-state index is 0.0469. The molecule has 3 nitrogen and oxygen atoms in total. The van der Waals surface area contributed by atoms with Gasteiger partial charge in [-0.15, -0.1) is 0 Å². The van der Waals surface area contributed by atoms with Gasteiger partial charge in [-0.2, -0.15) is 0 Å². The summed E-state index contributed by atoms with van der Waals surface area (Å²) in [5, 5.41) is 3.06. The number of carbonyl (C=O) groups excluding carboxylic acids is 1. The van der Waals surface area contributed by atoms with Gasteiger partial charge in [0.2, 0.25) is 0 Å². The molecule has 2 aromatic carbocycles. The lowest BCUT2D eigenvalue weighted by atomic mass is 10.1. The highest BCUT2D eigenvalue weighted by atomic mass is 16.5. The molecule has 2 rings (SSSR count). The largest absolute Gasteiger partial charge is 0.480 e. The average molecular weight is 325 g/mol. The molecule has 128 valence electrons. The molecule has 0 radical (unpaired) electrons. The maximum absolute atomic E-state index is 12.6. The molecule has 1 amide bonds. The molecule has 0 bridgehead atoms. The van der Waals surface area contributed by atoms with Crippen LogP contribution in [0, 0.1) is 20.8 Å². The van der Waals surface area contributed by atoms with E-state index in [0.717, 1.165) is 22.4 Å². The van der Waals surface area contributed by atoms with Crippen LogP contribution in [0.5, 0.6) is 5.75 Å². The molecule has 0 saturated heterocycles. The molecule has 2 atom stereocenters. The van der Waals surface area contributed by atoms with Crippen LogP contribution in [0.2, 0.25) is 0 Å². The summed E-state index contributed by atoms with van der Waals surface area (Å²) in [7, 11) is 0. The van der Waals surface area contributed by atoms with Crippen molar-refractivity contribution >= 4 is 5.91 Å². The third-order valence-electron chi connectivity index (χ3n) is 4.42. The van der Waals surface area contributed by atoms with Crippen LogP contribution in [0.25, 0.3) is 0 Å². The van der Waals surface area contributed by atoms with Crippen molar-refractivity contribution in [2.45, 2.75) is 53.2 Å². The molecule has 0 spiro atoms. The van der Waals surface area contributed by atoms with Gasteiger partial charge in [-0.3, -0.25) is 4.79 Å². The Hall–Kier alpha value is -2.29. The standard InChI is InChI=1S/C21H27NO2/c1-6-19(24-20-9-7-8-15(3)16(20)4)21(23)22-17(5)18-12-10-14(2)11-13-18/h7-13,17,19H,6H2,1-5H3,(H,22,23)/t17-,19+/m0/s1. The first-order valence-electron chi connectivity index (χ1n) is 8.52. The van der Waals surface area contributed by atoms with Crippen LogP contribution in [0.1, 0.15) is 48.6 Å². The summed E-state index contributed by atoms with van der Waals surface area (Å²) in [6.07, 6.45) is 0.137. The number of amides is 1. The van der Waals surface area contributed by atoms with Crippen molar-refractivity contribution in [3.8, 4) is 5.75 Å². The van der Waals surface area contributed by atoms with Gasteiger partial charge >= 0.3 is 0 Å². The molecule has 0 unspecified atom stereocenters. The second kappa shape index (κ2) is 8.00. The number of aryl methyl sites for hydroxylation is 2. The number of hydrogen-bond donors (Lipinski definition) is 1. The molecule has 0 aromatic heterocycles. The van der Waals surface area contributed by atoms with Gasteiger partial charge in [-0.25, -0.2) is 0 Å². The molecule has 1 N–H and O–H groups in total. The predicted molar refractivity (Wildman–Crippen MR) is 98.4 cm³/mol. The van der Waals surface area contributed by atoms with Gasteiger partial charge in [0.1, 0.15) is 5.75 Å². The first-order valence-corrected chi connectivity index (χ1v) is 8.52. The SMILES string of the molecule is CC[C@@H](Oc1cccc(C)c1C)C(=O)N[C@@H](C)c1ccc(C)cc1. The molecule has 3 heteroatoms. The lowest BCUT2D eigenvalue weighted by molar-refractivity contribution is -0.128. The van der Waals surface area contributed by atoms with E-state index in [-0.39, 0.29) is 11.9 Å². The zero-order chi connectivity index (χ0) is 17.7. The quantitative estimate of drug-likeness (QED) is 0.840. The summed E-state index contributed by atoms with van der Waals surface area (Å²) in [4.78, 5) is 12.6. The Balaban J connectivity index is 2.05. The van der Waals surface area contributed by atoms with E-state index in [0.29, 0.717) is 6.42 Å². The lowest BCUT2D eigenvalue weighted by Crippen LogP contribution is -2.39. The van der Waals surface area contributed by atoms with Gasteiger partial charge in [0.05, 0.1) is 6.04 Å². The van der Waals surface area contributed by atoms with Crippen LogP contribution >= 0.6 is 0 Å². The minimum Gasteiger partial charge on any atom is -0.480 e. The highest BCUT2D eigenvalue weighted by Gasteiger charge is 2.21. The van der Waals surface area contributed by atoms with Crippen molar-refractivity contribution in [2.75, 3.05) is 0 Å². The molecule has 0 aliphatic heterocycles. The van der Waals surface area contributed by atoms with Crippen molar-refractivity contribution in [3.63, 3.8) is 0 Å². The molecule has 0 fully saturated rings. The second-order valence-corrected chi connectivity index (χ2v) is 6.35. The summed E-state index contributed by atoms with van der Waals surface area (Å²) < 4.78 is 5.98. The molecule has 0 aliphatic rings. The number of rotatable bonds is 6. The highest BCUT2D eigenvalue weighted by Crippen LogP contribution is 2.23. The maximum atomic E-state index is 12.6. The summed E-state index contributed by atoms with van der Waals surface area (Å²) in [5.41, 5.74) is 4.55. The summed E-state index contributed by atoms with van der Waals surface area (Å²) in [5.74, 6) is 0.700. The van der Waals surface area contributed by atoms with E-state index in [4.69, 9.17) is 4.74 Å². The average Bonchev–Trinajstić information content (AvgIpc) is 2.56. The Kier molecular flexibility index (Phi) is 6.02. The van der Waals surface area contributed by atoms with Gasteiger partial charge in [0.15, 0.2) is 6.10 Å². The second-order valence-electron chi connectivity index (χ2n) is 6.35. The Labute approximate surface area is 145 Å². The third kappa shape index (κ3) is 4.38. The first kappa shape index (κ1) is 18.1. The molecule has 24 heavy (non-hydrogen) atoms. The van der Waals surface area contributed by atoms with Crippen molar-refractivity contribution in [1.82, 2.24) is 5.32 Å². The molecular weight excluding hydrogens is 298 g/mol. The van der Waals surface area contributed by atoms with Crippen LogP contribution in [0.3, 0.4) is 0 Å². The van der Waals surface area contributed by atoms with Gasteiger partial charge in [0.25, 0.3) is 5.91 Å². The van der Waals surface area contributed by atoms with Crippen molar-refractivity contribution in [2.24, 2.45) is 0 Å². The number of benzene rings is 2. The van der Waals surface area contributed by atoms with Crippen LogP contribution in [-0.2, 0) is 4.79 Å². The Morgan fingerprint density at radius 3 is 2.38 bits per heavy atom. The maximum Gasteiger partial charge on any atom is 0.261 e. The lowest BCUT2D eigenvalue weighted by Gasteiger charge is -2.22. The third-order valence-corrected chi connectivity index (χ3v) is 4.42. The van der Waals surface area contributed by atoms with E-state index in [2.05, 4.69) is 24.4 Å². The summed E-state index contributed by atoms with van der Waals surface area (Å²) >= 11 is 0. The molecule has 0 saturated carbocycles. The molecule has 2 aromatic rings. The fourth-order valence-electron chi connectivity index (χ4n) is 2.57. The van der Waals surface area contributed by atoms with E-state index < -0.39 is 6.10 Å². The number of ether oxygens (including phenoxy) is 1. The fraction of sp³-hybridized carbons (Fsp3) is 0.381. The Bertz CT molecular complexity index is 691. The van der Waals surface area contributed by atoms with Gasteiger partial charge in [-0.1, -0.05) is 48.9 Å². The number of hydrogen-bond acceptors (Lipinski definition) is 2. The van der Waals surface area contributed by atoms with Gasteiger partial charge < -0.3 is 10.1 Å². The molecular formula is C21H27NO2. The molecule has 0 heterocycles. The predicted octanol–water partition coefficient (Wildman–Crippen LogP) is 4.65. The van der Waals surface area contributed by atoms with E-state index in [1.165, 1.54) is 5.56 Å². The van der Waals surface area contributed by atoms with Crippen LogP contribution < -0.4 is 10.1 Å². The normalized spacial score (nSPS) is 13.2. The van der Waals surface area contributed by atoms with E-state index >= 15 is 0 Å². The Morgan fingerprint density at radius 1 is 1.08 bits per heavy atom. The number of carbonyl (C=O) groups is 1. The number of nitrogens with one attached hydrogen (secondary N) is 1. The van der Waals surface area contributed by atoms with Crippen molar-refractivity contribution in [1.29, 1.82) is 0 Å². The van der Waals surface area contributed by atoms with Crippen LogP contribution in [0.4, 0.5) is 0 Å². The van der Waals surface area contributed by atoms with E-state index in [1.807, 2.05) is 58.0 Å². The highest BCUT2D eigenvalue weighted by molar-refractivity contribution is 5.81. The first-order chi connectivity index (χ1) is 11.4. The van der Waals surface area contributed by atoms with Crippen LogP contribution in [0.15, 0.2) is 42.5 Å². The van der Waals surface area contributed by atoms with Crippen molar-refractivity contribution in [3.05, 3.63) is 64.7 Å². The van der Waals surface area contributed by atoms with Crippen molar-refractivity contribution < 1.29 is 9.53 Å². The zero-order valence-electron chi connectivity index (χ0n) is 15.2. The summed E-state index contributed by atoms with van der Waals surface area (Å²) in [6, 6.07) is 14.1. The van der Waals surface area contributed by atoms with Crippen LogP contribution in [-0.4, -0.2) is 12.0 Å². The van der Waals surface area contributed by atoms with E-state index in [9.17, 15) is 4.79 Å². The zero-order valence-corrected chi connectivity index (χ0v) is 15.2. The van der Waals surface area contributed by atoms with E-state index in [1.54, 1.807) is 0 Å².